The Morgan fingerprint density at radius 1 is 1.33 bits per heavy atom. The largest absolute Gasteiger partial charge is 0.326 e. The van der Waals surface area contributed by atoms with E-state index in [0.29, 0.717) is 18.0 Å². The topological polar surface area (TPSA) is 75.3 Å². The summed E-state index contributed by atoms with van der Waals surface area (Å²) in [5.74, 6) is 0.361. The van der Waals surface area contributed by atoms with Crippen LogP contribution in [0.25, 0.3) is 0 Å². The molecular formula is C15H22N2O3S. The molecule has 2 N–H and O–H groups in total. The standard InChI is InChI=1S/C15H22N2O3S/c1-11-3-4-13(21(2,19)20)10-14(11)17-15(18)9-12-5-7-16-8-6-12/h3-4,10,12,16H,5-9H2,1-2H3,(H,17,18). The Morgan fingerprint density at radius 3 is 2.62 bits per heavy atom. The second-order valence-electron chi connectivity index (χ2n) is 5.69. The molecule has 0 saturated carbocycles. The number of rotatable bonds is 4. The summed E-state index contributed by atoms with van der Waals surface area (Å²) >= 11 is 0. The Balaban J connectivity index is 2.06. The van der Waals surface area contributed by atoms with Crippen molar-refractivity contribution in [1.29, 1.82) is 0 Å². The lowest BCUT2D eigenvalue weighted by molar-refractivity contribution is -0.117. The number of sulfone groups is 1. The average Bonchev–Trinajstić information content (AvgIpc) is 2.41. The van der Waals surface area contributed by atoms with Crippen molar-refractivity contribution in [3.05, 3.63) is 23.8 Å². The summed E-state index contributed by atoms with van der Waals surface area (Å²) < 4.78 is 23.2. The van der Waals surface area contributed by atoms with Crippen LogP contribution in [0.15, 0.2) is 23.1 Å². The first-order valence-corrected chi connectivity index (χ1v) is 9.06. The van der Waals surface area contributed by atoms with Gasteiger partial charge in [-0.3, -0.25) is 4.79 Å². The van der Waals surface area contributed by atoms with Crippen LogP contribution >= 0.6 is 0 Å². The Labute approximate surface area is 126 Å². The van der Waals surface area contributed by atoms with E-state index in [0.717, 1.165) is 37.8 Å². The summed E-state index contributed by atoms with van der Waals surface area (Å²) in [6.45, 7) is 3.77. The number of aryl methyl sites for hydroxylation is 1. The van der Waals surface area contributed by atoms with Crippen molar-refractivity contribution in [2.75, 3.05) is 24.7 Å². The number of hydrogen-bond donors (Lipinski definition) is 2. The molecule has 0 aliphatic carbocycles. The van der Waals surface area contributed by atoms with Gasteiger partial charge in [0, 0.05) is 18.4 Å². The Morgan fingerprint density at radius 2 is 2.00 bits per heavy atom. The quantitative estimate of drug-likeness (QED) is 0.888. The van der Waals surface area contributed by atoms with Gasteiger partial charge in [0.05, 0.1) is 4.90 Å². The molecule has 5 nitrogen and oxygen atoms in total. The Hall–Kier alpha value is -1.40. The van der Waals surface area contributed by atoms with Crippen molar-refractivity contribution in [2.45, 2.75) is 31.1 Å². The molecule has 0 radical (unpaired) electrons. The fourth-order valence-electron chi connectivity index (χ4n) is 2.52. The first kappa shape index (κ1) is 16.0. The third-order valence-corrected chi connectivity index (χ3v) is 4.95. The minimum atomic E-state index is -3.26. The maximum absolute atomic E-state index is 12.1. The van der Waals surface area contributed by atoms with Crippen LogP contribution in [-0.2, 0) is 14.6 Å². The fourth-order valence-corrected chi connectivity index (χ4v) is 3.16. The van der Waals surface area contributed by atoms with Crippen molar-refractivity contribution >= 4 is 21.4 Å². The van der Waals surface area contributed by atoms with E-state index < -0.39 is 9.84 Å². The van der Waals surface area contributed by atoms with E-state index in [-0.39, 0.29) is 10.8 Å². The lowest BCUT2D eigenvalue weighted by Crippen LogP contribution is -2.30. The average molecular weight is 310 g/mol. The fraction of sp³-hybridized carbons (Fsp3) is 0.533. The zero-order valence-electron chi connectivity index (χ0n) is 12.5. The first-order chi connectivity index (χ1) is 9.86. The molecule has 0 unspecified atom stereocenters. The van der Waals surface area contributed by atoms with E-state index in [1.165, 1.54) is 6.07 Å². The molecule has 21 heavy (non-hydrogen) atoms. The minimum Gasteiger partial charge on any atom is -0.326 e. The third kappa shape index (κ3) is 4.54. The molecule has 0 atom stereocenters. The monoisotopic (exact) mass is 310 g/mol. The highest BCUT2D eigenvalue weighted by atomic mass is 32.2. The van der Waals surface area contributed by atoms with Gasteiger partial charge in [-0.25, -0.2) is 8.42 Å². The molecule has 1 amide bonds. The van der Waals surface area contributed by atoms with Gasteiger partial charge in [0.15, 0.2) is 9.84 Å². The number of carbonyl (C=O) groups is 1. The summed E-state index contributed by atoms with van der Waals surface area (Å²) in [5.41, 5.74) is 1.44. The van der Waals surface area contributed by atoms with Gasteiger partial charge in [0.25, 0.3) is 0 Å². The predicted molar refractivity (Wildman–Crippen MR) is 83.1 cm³/mol. The van der Waals surface area contributed by atoms with Gasteiger partial charge in [-0.2, -0.15) is 0 Å². The van der Waals surface area contributed by atoms with Crippen LogP contribution in [0, 0.1) is 12.8 Å². The normalized spacial score (nSPS) is 16.7. The number of carbonyl (C=O) groups excluding carboxylic acids is 1. The van der Waals surface area contributed by atoms with Crippen LogP contribution < -0.4 is 10.6 Å². The SMILES string of the molecule is Cc1ccc(S(C)(=O)=O)cc1NC(=O)CC1CCNCC1. The molecule has 1 saturated heterocycles. The number of hydrogen-bond acceptors (Lipinski definition) is 4. The van der Waals surface area contributed by atoms with Crippen molar-refractivity contribution in [3.8, 4) is 0 Å². The van der Waals surface area contributed by atoms with Gasteiger partial charge in [-0.1, -0.05) is 6.07 Å². The molecule has 116 valence electrons. The highest BCUT2D eigenvalue weighted by Gasteiger charge is 2.18. The molecule has 1 aromatic rings. The molecule has 1 aliphatic rings. The zero-order chi connectivity index (χ0) is 15.5. The summed E-state index contributed by atoms with van der Waals surface area (Å²) in [7, 11) is -3.26. The van der Waals surface area contributed by atoms with E-state index in [4.69, 9.17) is 0 Å². The van der Waals surface area contributed by atoms with Gasteiger partial charge in [-0.05, 0) is 56.5 Å². The Kier molecular flexibility index (Phi) is 5.00. The molecule has 1 heterocycles. The lowest BCUT2D eigenvalue weighted by atomic mass is 9.94. The van der Waals surface area contributed by atoms with Gasteiger partial charge in [0.1, 0.15) is 0 Å². The van der Waals surface area contributed by atoms with Gasteiger partial charge in [0.2, 0.25) is 5.91 Å². The van der Waals surface area contributed by atoms with Crippen molar-refractivity contribution in [3.63, 3.8) is 0 Å². The molecule has 1 aromatic carbocycles. The molecule has 2 rings (SSSR count). The zero-order valence-corrected chi connectivity index (χ0v) is 13.3. The maximum Gasteiger partial charge on any atom is 0.224 e. The van der Waals surface area contributed by atoms with E-state index in [1.807, 2.05) is 6.92 Å². The molecule has 0 aromatic heterocycles. The van der Waals surface area contributed by atoms with Crippen LogP contribution in [0.3, 0.4) is 0 Å². The van der Waals surface area contributed by atoms with Gasteiger partial charge >= 0.3 is 0 Å². The number of anilines is 1. The van der Waals surface area contributed by atoms with E-state index >= 15 is 0 Å². The number of amides is 1. The second-order valence-corrected chi connectivity index (χ2v) is 7.71. The smallest absolute Gasteiger partial charge is 0.224 e. The van der Waals surface area contributed by atoms with Crippen molar-refractivity contribution < 1.29 is 13.2 Å². The molecule has 0 bridgehead atoms. The lowest BCUT2D eigenvalue weighted by Gasteiger charge is -2.22. The summed E-state index contributed by atoms with van der Waals surface area (Å²) in [6, 6.07) is 4.81. The highest BCUT2D eigenvalue weighted by molar-refractivity contribution is 7.90. The van der Waals surface area contributed by atoms with E-state index in [2.05, 4.69) is 10.6 Å². The van der Waals surface area contributed by atoms with Crippen LogP contribution in [0.1, 0.15) is 24.8 Å². The van der Waals surface area contributed by atoms with Gasteiger partial charge < -0.3 is 10.6 Å². The van der Waals surface area contributed by atoms with Crippen molar-refractivity contribution in [2.24, 2.45) is 5.92 Å². The summed E-state index contributed by atoms with van der Waals surface area (Å²) in [4.78, 5) is 12.3. The van der Waals surface area contributed by atoms with Crippen molar-refractivity contribution in [1.82, 2.24) is 5.32 Å². The predicted octanol–water partition coefficient (Wildman–Crippen LogP) is 1.73. The van der Waals surface area contributed by atoms with E-state index in [9.17, 15) is 13.2 Å². The van der Waals surface area contributed by atoms with Crippen LogP contribution in [-0.4, -0.2) is 33.7 Å². The third-order valence-electron chi connectivity index (χ3n) is 3.84. The Bertz CT molecular complexity index is 620. The highest BCUT2D eigenvalue weighted by Crippen LogP contribution is 2.22. The maximum atomic E-state index is 12.1. The number of piperidine rings is 1. The minimum absolute atomic E-state index is 0.0457. The van der Waals surface area contributed by atoms with Crippen LogP contribution in [0.2, 0.25) is 0 Å². The van der Waals surface area contributed by atoms with Gasteiger partial charge in [-0.15, -0.1) is 0 Å². The van der Waals surface area contributed by atoms with E-state index in [1.54, 1.807) is 12.1 Å². The van der Waals surface area contributed by atoms with Crippen LogP contribution in [0.5, 0.6) is 0 Å². The molecular weight excluding hydrogens is 288 g/mol. The first-order valence-electron chi connectivity index (χ1n) is 7.17. The van der Waals surface area contributed by atoms with Crippen LogP contribution in [0.4, 0.5) is 5.69 Å². The number of nitrogens with one attached hydrogen (secondary N) is 2. The summed E-state index contributed by atoms with van der Waals surface area (Å²) in [6.07, 6.45) is 3.67. The molecule has 6 heteroatoms. The summed E-state index contributed by atoms with van der Waals surface area (Å²) in [5, 5.41) is 6.12. The second kappa shape index (κ2) is 6.58. The molecule has 0 spiro atoms. The molecule has 1 aliphatic heterocycles. The molecule has 1 fully saturated rings. The number of benzene rings is 1.